The van der Waals surface area contributed by atoms with Gasteiger partial charge in [0, 0.05) is 37.5 Å². The maximum absolute atomic E-state index is 13.4. The Morgan fingerprint density at radius 2 is 2.19 bits per heavy atom. The second-order valence-electron chi connectivity index (χ2n) is 5.21. The van der Waals surface area contributed by atoms with Crippen molar-refractivity contribution < 1.29 is 19.0 Å². The van der Waals surface area contributed by atoms with E-state index in [2.05, 4.69) is 18.7 Å². The van der Waals surface area contributed by atoms with E-state index >= 15 is 0 Å². The van der Waals surface area contributed by atoms with Crippen molar-refractivity contribution in [2.75, 3.05) is 31.7 Å². The van der Waals surface area contributed by atoms with Crippen molar-refractivity contribution in [1.29, 1.82) is 0 Å². The molecule has 1 aromatic carbocycles. The van der Waals surface area contributed by atoms with Crippen LogP contribution in [0.2, 0.25) is 0 Å². The molecule has 4 nitrogen and oxygen atoms in total. The number of aliphatic carboxylic acids is 1. The minimum atomic E-state index is -1.06. The molecule has 0 bridgehead atoms. The van der Waals surface area contributed by atoms with Crippen LogP contribution in [-0.4, -0.2) is 37.9 Å². The molecule has 0 atom stereocenters. The van der Waals surface area contributed by atoms with Crippen molar-refractivity contribution in [3.8, 4) is 0 Å². The first-order valence-corrected chi connectivity index (χ1v) is 6.88. The van der Waals surface area contributed by atoms with E-state index in [1.807, 2.05) is 0 Å². The Labute approximate surface area is 124 Å². The van der Waals surface area contributed by atoms with Gasteiger partial charge in [-0.25, -0.2) is 9.18 Å². The largest absolute Gasteiger partial charge is 0.478 e. The Hall–Kier alpha value is -1.88. The van der Waals surface area contributed by atoms with Gasteiger partial charge in [-0.2, -0.15) is 0 Å². The Balaban J connectivity index is 3.12. The van der Waals surface area contributed by atoms with Gasteiger partial charge in [0.1, 0.15) is 5.82 Å². The molecule has 0 aliphatic carbocycles. The molecule has 0 spiro atoms. The molecule has 116 valence electrons. The smallest absolute Gasteiger partial charge is 0.328 e. The van der Waals surface area contributed by atoms with Gasteiger partial charge in [-0.3, -0.25) is 0 Å². The predicted molar refractivity (Wildman–Crippen MR) is 82.0 cm³/mol. The minimum Gasteiger partial charge on any atom is -0.478 e. The summed E-state index contributed by atoms with van der Waals surface area (Å²) in [5.74, 6) is -1.03. The first-order valence-electron chi connectivity index (χ1n) is 6.88. The highest BCUT2D eigenvalue weighted by atomic mass is 19.1. The zero-order valence-electron chi connectivity index (χ0n) is 12.7. The van der Waals surface area contributed by atoms with Crippen molar-refractivity contribution >= 4 is 17.7 Å². The van der Waals surface area contributed by atoms with E-state index in [-0.39, 0.29) is 5.82 Å². The number of rotatable bonds is 8. The zero-order chi connectivity index (χ0) is 15.8. The summed E-state index contributed by atoms with van der Waals surface area (Å²) in [5.41, 5.74) is 1.36. The van der Waals surface area contributed by atoms with Gasteiger partial charge >= 0.3 is 5.97 Å². The molecule has 0 saturated carbocycles. The normalized spacial score (nSPS) is 11.3. The van der Waals surface area contributed by atoms with E-state index in [4.69, 9.17) is 9.84 Å². The third-order valence-electron chi connectivity index (χ3n) is 2.89. The highest BCUT2D eigenvalue weighted by Gasteiger charge is 2.12. The number of ether oxygens (including phenoxy) is 1. The Bertz CT molecular complexity index is 500. The van der Waals surface area contributed by atoms with Crippen LogP contribution in [0.25, 0.3) is 6.08 Å². The lowest BCUT2D eigenvalue weighted by molar-refractivity contribution is -0.131. The van der Waals surface area contributed by atoms with Crippen LogP contribution in [0.4, 0.5) is 10.1 Å². The van der Waals surface area contributed by atoms with Gasteiger partial charge in [0.05, 0.1) is 6.61 Å². The average molecular weight is 295 g/mol. The molecule has 5 heteroatoms. The molecule has 0 unspecified atom stereocenters. The van der Waals surface area contributed by atoms with E-state index in [0.29, 0.717) is 24.6 Å². The second-order valence-corrected chi connectivity index (χ2v) is 5.21. The number of carboxylic acids is 1. The van der Waals surface area contributed by atoms with Crippen molar-refractivity contribution in [3.05, 3.63) is 35.7 Å². The number of anilines is 1. The zero-order valence-corrected chi connectivity index (χ0v) is 12.7. The molecule has 1 aromatic rings. The number of hydrogen-bond acceptors (Lipinski definition) is 3. The fourth-order valence-electron chi connectivity index (χ4n) is 2.06. The molecular weight excluding hydrogens is 273 g/mol. The SMILES string of the molecule is COCCN(CC(C)C)c1ccc(F)cc1C=CC(=O)O. The Morgan fingerprint density at radius 3 is 2.76 bits per heavy atom. The summed E-state index contributed by atoms with van der Waals surface area (Å²) < 4.78 is 18.5. The topological polar surface area (TPSA) is 49.8 Å². The summed E-state index contributed by atoms with van der Waals surface area (Å²) in [6.07, 6.45) is 2.43. The van der Waals surface area contributed by atoms with Gasteiger partial charge in [-0.1, -0.05) is 13.8 Å². The van der Waals surface area contributed by atoms with Gasteiger partial charge in [0.15, 0.2) is 0 Å². The monoisotopic (exact) mass is 295 g/mol. The Kier molecular flexibility index (Phi) is 6.88. The van der Waals surface area contributed by atoms with Crippen molar-refractivity contribution in [2.45, 2.75) is 13.8 Å². The van der Waals surface area contributed by atoms with Gasteiger partial charge in [-0.05, 0) is 30.2 Å². The average Bonchev–Trinajstić information content (AvgIpc) is 2.41. The van der Waals surface area contributed by atoms with E-state index in [0.717, 1.165) is 18.3 Å². The van der Waals surface area contributed by atoms with Crippen LogP contribution in [0, 0.1) is 11.7 Å². The van der Waals surface area contributed by atoms with Gasteiger partial charge in [0.2, 0.25) is 0 Å². The lowest BCUT2D eigenvalue weighted by Gasteiger charge is -2.28. The van der Waals surface area contributed by atoms with Crippen LogP contribution in [0.1, 0.15) is 19.4 Å². The van der Waals surface area contributed by atoms with Crippen LogP contribution in [0.5, 0.6) is 0 Å². The molecule has 21 heavy (non-hydrogen) atoms. The molecule has 0 aliphatic rings. The first kappa shape index (κ1) is 17.2. The summed E-state index contributed by atoms with van der Waals surface area (Å²) in [6.45, 7) is 6.18. The molecule has 1 rings (SSSR count). The van der Waals surface area contributed by atoms with Crippen LogP contribution >= 0.6 is 0 Å². The fraction of sp³-hybridized carbons (Fsp3) is 0.438. The van der Waals surface area contributed by atoms with Crippen molar-refractivity contribution in [2.24, 2.45) is 5.92 Å². The van der Waals surface area contributed by atoms with E-state index < -0.39 is 5.97 Å². The number of nitrogens with zero attached hydrogens (tertiary/aromatic N) is 1. The highest BCUT2D eigenvalue weighted by Crippen LogP contribution is 2.24. The molecule has 0 aliphatic heterocycles. The van der Waals surface area contributed by atoms with Crippen LogP contribution in [0.15, 0.2) is 24.3 Å². The van der Waals surface area contributed by atoms with Crippen molar-refractivity contribution in [3.63, 3.8) is 0 Å². The summed E-state index contributed by atoms with van der Waals surface area (Å²) >= 11 is 0. The number of hydrogen-bond donors (Lipinski definition) is 1. The van der Waals surface area contributed by atoms with Gasteiger partial charge < -0.3 is 14.7 Å². The quantitative estimate of drug-likeness (QED) is 0.749. The number of methoxy groups -OCH3 is 1. The lowest BCUT2D eigenvalue weighted by Crippen LogP contribution is -2.31. The number of halogens is 1. The highest BCUT2D eigenvalue weighted by molar-refractivity contribution is 5.87. The Morgan fingerprint density at radius 1 is 1.48 bits per heavy atom. The first-order chi connectivity index (χ1) is 9.93. The van der Waals surface area contributed by atoms with E-state index in [1.165, 1.54) is 18.2 Å². The predicted octanol–water partition coefficient (Wildman–Crippen LogP) is 3.03. The molecule has 0 saturated heterocycles. The third kappa shape index (κ3) is 5.95. The second kappa shape index (κ2) is 8.42. The standard InChI is InChI=1S/C16H22FNO3/c1-12(2)11-18(8-9-21-3)15-6-5-14(17)10-13(15)4-7-16(19)20/h4-7,10,12H,8-9,11H2,1-3H3,(H,19,20). The van der Waals surface area contributed by atoms with Crippen LogP contribution < -0.4 is 4.90 Å². The summed E-state index contributed by atoms with van der Waals surface area (Å²) in [4.78, 5) is 12.8. The third-order valence-corrected chi connectivity index (χ3v) is 2.89. The number of carbonyl (C=O) groups is 1. The maximum Gasteiger partial charge on any atom is 0.328 e. The molecule has 0 aromatic heterocycles. The molecular formula is C16H22FNO3. The van der Waals surface area contributed by atoms with Crippen LogP contribution in [-0.2, 0) is 9.53 Å². The lowest BCUT2D eigenvalue weighted by atomic mass is 10.1. The minimum absolute atomic E-state index is 0.389. The van der Waals surface area contributed by atoms with E-state index in [9.17, 15) is 9.18 Å². The summed E-state index contributed by atoms with van der Waals surface area (Å²) in [5, 5.41) is 8.75. The molecule has 0 fully saturated rings. The number of benzene rings is 1. The molecule has 1 N–H and O–H groups in total. The van der Waals surface area contributed by atoms with Crippen LogP contribution in [0.3, 0.4) is 0 Å². The van der Waals surface area contributed by atoms with Gasteiger partial charge in [0.25, 0.3) is 0 Å². The van der Waals surface area contributed by atoms with Crippen molar-refractivity contribution in [1.82, 2.24) is 0 Å². The maximum atomic E-state index is 13.4. The molecule has 0 amide bonds. The summed E-state index contributed by atoms with van der Waals surface area (Å²) in [6, 6.07) is 4.40. The van der Waals surface area contributed by atoms with E-state index in [1.54, 1.807) is 13.2 Å². The fourth-order valence-corrected chi connectivity index (χ4v) is 2.06. The molecule has 0 heterocycles. The number of carboxylic acid groups (broad SMARTS) is 1. The molecule has 0 radical (unpaired) electrons. The summed E-state index contributed by atoms with van der Waals surface area (Å²) in [7, 11) is 1.63. The van der Waals surface area contributed by atoms with Gasteiger partial charge in [-0.15, -0.1) is 0 Å².